The summed E-state index contributed by atoms with van der Waals surface area (Å²) in [4.78, 5) is 61.8. The number of rotatable bonds is 12. The third kappa shape index (κ3) is 8.02. The van der Waals surface area contributed by atoms with Gasteiger partial charge in [-0.05, 0) is 69.1 Å². The van der Waals surface area contributed by atoms with Crippen molar-refractivity contribution in [1.29, 1.82) is 0 Å². The fourth-order valence-corrected chi connectivity index (χ4v) is 11.2. The number of carbonyl (C=O) groups excluding carboxylic acids is 3. The molecule has 1 aromatic carbocycles. The number of aromatic nitrogens is 7. The molecule has 356 valence electrons. The average Bonchev–Trinajstić information content (AvgIpc) is 4.15. The van der Waals surface area contributed by atoms with Gasteiger partial charge in [-0.15, -0.1) is 0 Å². The van der Waals surface area contributed by atoms with Gasteiger partial charge in [-0.1, -0.05) is 0 Å². The summed E-state index contributed by atoms with van der Waals surface area (Å²) >= 11 is 0. The molecule has 1 aliphatic carbocycles. The summed E-state index contributed by atoms with van der Waals surface area (Å²) < 4.78 is 77.5. The van der Waals surface area contributed by atoms with Crippen molar-refractivity contribution in [2.45, 2.75) is 94.3 Å². The number of ether oxygens (including phenoxy) is 2. The van der Waals surface area contributed by atoms with Crippen molar-refractivity contribution in [2.75, 3.05) is 67.6 Å². The Morgan fingerprint density at radius 2 is 1.84 bits per heavy atom. The van der Waals surface area contributed by atoms with E-state index >= 15 is 8.78 Å². The number of nitrogens with zero attached hydrogens (tertiary/aromatic N) is 10. The van der Waals surface area contributed by atoms with Crippen LogP contribution in [0.2, 0.25) is 0 Å². The van der Waals surface area contributed by atoms with Gasteiger partial charge in [-0.2, -0.15) is 10.2 Å². The van der Waals surface area contributed by atoms with Crippen molar-refractivity contribution in [3.05, 3.63) is 64.3 Å². The predicted molar refractivity (Wildman–Crippen MR) is 235 cm³/mol. The molecule has 6 aliphatic rings. The number of piperidine rings is 2. The van der Waals surface area contributed by atoms with Crippen LogP contribution in [-0.2, 0) is 26.1 Å². The van der Waals surface area contributed by atoms with E-state index in [-0.39, 0.29) is 65.8 Å². The highest BCUT2D eigenvalue weighted by molar-refractivity contribution is 6.08. The first kappa shape index (κ1) is 43.7. The number of benzene rings is 1. The Balaban J connectivity index is 0.642. The van der Waals surface area contributed by atoms with E-state index in [4.69, 9.17) is 14.5 Å². The summed E-state index contributed by atoms with van der Waals surface area (Å²) in [6.07, 6.45) is 4.89. The van der Waals surface area contributed by atoms with Crippen LogP contribution in [0.5, 0.6) is 0 Å². The van der Waals surface area contributed by atoms with Gasteiger partial charge in [0.1, 0.15) is 29.1 Å². The lowest BCUT2D eigenvalue weighted by Crippen LogP contribution is -2.51. The van der Waals surface area contributed by atoms with Crippen LogP contribution in [-0.4, -0.2) is 133 Å². The van der Waals surface area contributed by atoms with Crippen LogP contribution in [0.4, 0.5) is 34.8 Å². The SMILES string of the molecule is Cn1c(=O)n(C2CCC(=O)NC2=O)c2ccc(N3CC(CO[C@@H]4CCN(CC5CCC(n6cc(NC(=O)c7cnn8ccc(N9C[C@H]%10C[C@@H]9CO%10)nc78)c(C(F)F)n6)CC5)C[C@@H]4F)C3)c(F)c21. The van der Waals surface area contributed by atoms with Crippen molar-refractivity contribution < 1.29 is 41.4 Å². The zero-order valence-electron chi connectivity index (χ0n) is 36.9. The largest absolute Gasteiger partial charge is 0.375 e. The monoisotopic (exact) mass is 932 g/mol. The average molecular weight is 933 g/mol. The standard InChI is InChI=1S/C45H52F4N12O6/c1-55-40-33(61(45(55)65)34-8-9-37(62)53-44(34)64)7-6-32(38(40)47)57-17-25(18-57)22-67-35-10-12-56(20-30(35)46)16-24-2-4-26(5-3-24)60-21-31(39(54-60)41(48)49)51-43(63)29-15-50-59-13-11-36(52-42(29)59)58-19-28-14-27(58)23-66-28/h6-7,11,13,15,21,24-28,30,34-35,41H,2-5,8-10,12,14,16-20,22-23H2,1H3,(H,51,63)(H,53,62,64)/t24?,26?,27-,28-,30+,34?,35-/m1/s1. The second-order valence-corrected chi connectivity index (χ2v) is 19.1. The number of likely N-dealkylation sites (tertiary alicyclic amines) is 1. The molecular formula is C45H52F4N12O6. The first-order valence-electron chi connectivity index (χ1n) is 23.2. The number of amides is 3. The van der Waals surface area contributed by atoms with Crippen LogP contribution < -0.4 is 26.1 Å². The molecule has 1 saturated carbocycles. The molecule has 11 rings (SSSR count). The number of imide groups is 1. The van der Waals surface area contributed by atoms with E-state index < -0.39 is 59.7 Å². The smallest absolute Gasteiger partial charge is 0.329 e. The number of halogens is 4. The second kappa shape index (κ2) is 17.3. The van der Waals surface area contributed by atoms with Gasteiger partial charge >= 0.3 is 5.69 Å². The van der Waals surface area contributed by atoms with Gasteiger partial charge in [-0.25, -0.2) is 31.9 Å². The molecule has 18 nitrogen and oxygen atoms in total. The van der Waals surface area contributed by atoms with Crippen LogP contribution in [0.15, 0.2) is 41.6 Å². The molecule has 0 radical (unpaired) electrons. The molecule has 3 amide bonds. The van der Waals surface area contributed by atoms with E-state index in [1.54, 1.807) is 23.0 Å². The number of hydrogen-bond donors (Lipinski definition) is 2. The Morgan fingerprint density at radius 3 is 2.57 bits per heavy atom. The Morgan fingerprint density at radius 1 is 1.01 bits per heavy atom. The van der Waals surface area contributed by atoms with Crippen LogP contribution >= 0.6 is 0 Å². The highest BCUT2D eigenvalue weighted by Crippen LogP contribution is 2.38. The van der Waals surface area contributed by atoms with Crippen molar-refractivity contribution >= 4 is 51.6 Å². The maximum absolute atomic E-state index is 16.0. The molecule has 2 bridgehead atoms. The summed E-state index contributed by atoms with van der Waals surface area (Å²) in [6.45, 7) is 4.33. The van der Waals surface area contributed by atoms with E-state index in [1.807, 2.05) is 11.0 Å². The van der Waals surface area contributed by atoms with E-state index in [2.05, 4.69) is 30.6 Å². The summed E-state index contributed by atoms with van der Waals surface area (Å²) in [6, 6.07) is 4.26. The highest BCUT2D eigenvalue weighted by atomic mass is 19.3. The minimum absolute atomic E-state index is 0.0540. The lowest BCUT2D eigenvalue weighted by molar-refractivity contribution is -0.135. The van der Waals surface area contributed by atoms with Gasteiger partial charge in [-0.3, -0.25) is 38.4 Å². The van der Waals surface area contributed by atoms with Gasteiger partial charge in [0.25, 0.3) is 12.3 Å². The molecule has 6 fully saturated rings. The summed E-state index contributed by atoms with van der Waals surface area (Å²) in [7, 11) is 1.46. The van der Waals surface area contributed by atoms with Crippen LogP contribution in [0.25, 0.3) is 16.7 Å². The Kier molecular flexibility index (Phi) is 11.3. The van der Waals surface area contributed by atoms with Crippen molar-refractivity contribution in [1.82, 2.24) is 43.7 Å². The van der Waals surface area contributed by atoms with Crippen molar-refractivity contribution in [2.24, 2.45) is 18.9 Å². The topological polar surface area (TPSA) is 178 Å². The first-order chi connectivity index (χ1) is 32.4. The molecule has 9 heterocycles. The molecule has 5 saturated heterocycles. The Hall–Kier alpha value is -5.87. The van der Waals surface area contributed by atoms with Crippen LogP contribution in [0.1, 0.15) is 85.9 Å². The van der Waals surface area contributed by atoms with Gasteiger partial charge in [0.15, 0.2) is 17.2 Å². The molecule has 0 spiro atoms. The lowest BCUT2D eigenvalue weighted by Gasteiger charge is -2.42. The van der Waals surface area contributed by atoms with E-state index in [9.17, 15) is 28.0 Å². The predicted octanol–water partition coefficient (Wildman–Crippen LogP) is 4.16. The third-order valence-corrected chi connectivity index (χ3v) is 14.8. The lowest BCUT2D eigenvalue weighted by atomic mass is 9.85. The fraction of sp³-hybridized carbons (Fsp3) is 0.578. The molecule has 5 aromatic rings. The maximum atomic E-state index is 16.0. The number of hydrogen-bond acceptors (Lipinski definition) is 12. The van der Waals surface area contributed by atoms with Crippen molar-refractivity contribution in [3.63, 3.8) is 0 Å². The van der Waals surface area contributed by atoms with E-state index in [0.717, 1.165) is 25.8 Å². The molecule has 5 atom stereocenters. The Bertz CT molecular complexity index is 2800. The zero-order chi connectivity index (χ0) is 46.2. The Labute approximate surface area is 381 Å². The fourth-order valence-electron chi connectivity index (χ4n) is 11.2. The van der Waals surface area contributed by atoms with Gasteiger partial charge in [0.2, 0.25) is 11.8 Å². The van der Waals surface area contributed by atoms with E-state index in [0.29, 0.717) is 81.7 Å². The second-order valence-electron chi connectivity index (χ2n) is 19.1. The summed E-state index contributed by atoms with van der Waals surface area (Å²) in [5, 5.41) is 13.4. The quantitative estimate of drug-likeness (QED) is 0.135. The number of nitrogens with one attached hydrogen (secondary N) is 2. The molecule has 67 heavy (non-hydrogen) atoms. The summed E-state index contributed by atoms with van der Waals surface area (Å²) in [5.41, 5.74) is 0.0860. The highest BCUT2D eigenvalue weighted by Gasteiger charge is 2.41. The van der Waals surface area contributed by atoms with E-state index in [1.165, 1.54) is 33.1 Å². The van der Waals surface area contributed by atoms with Gasteiger partial charge in [0, 0.05) is 71.0 Å². The number of carbonyl (C=O) groups is 3. The molecular weight excluding hydrogens is 881 g/mol. The van der Waals surface area contributed by atoms with Gasteiger partial charge in [0.05, 0.1) is 60.6 Å². The van der Waals surface area contributed by atoms with Crippen LogP contribution in [0, 0.1) is 17.7 Å². The zero-order valence-corrected chi connectivity index (χ0v) is 36.9. The molecule has 22 heteroatoms. The first-order valence-corrected chi connectivity index (χ1v) is 23.2. The molecule has 1 unspecified atom stereocenters. The normalized spacial score (nSPS) is 27.2. The maximum Gasteiger partial charge on any atom is 0.329 e. The number of morpholine rings is 1. The molecule has 4 aromatic heterocycles. The number of imidazole rings is 1. The summed E-state index contributed by atoms with van der Waals surface area (Å²) in [5.74, 6) is -1.08. The minimum Gasteiger partial charge on any atom is -0.375 e. The van der Waals surface area contributed by atoms with Crippen LogP contribution in [0.3, 0.4) is 0 Å². The number of fused-ring (bicyclic) bond motifs is 4. The number of alkyl halides is 3. The number of anilines is 3. The van der Waals surface area contributed by atoms with Crippen molar-refractivity contribution in [3.8, 4) is 0 Å². The molecule has 5 aliphatic heterocycles. The third-order valence-electron chi connectivity index (χ3n) is 14.8. The molecule has 2 N–H and O–H groups in total. The van der Waals surface area contributed by atoms with Gasteiger partial charge < -0.3 is 24.6 Å². The number of aryl methyl sites for hydroxylation is 1. The minimum atomic E-state index is -2.90.